The Kier molecular flexibility index (Phi) is 5.19. The van der Waals surface area contributed by atoms with Crippen LogP contribution in [0, 0.1) is 11.3 Å². The van der Waals surface area contributed by atoms with E-state index in [1.54, 1.807) is 17.0 Å². The van der Waals surface area contributed by atoms with Crippen LogP contribution in [-0.4, -0.2) is 54.5 Å². The Morgan fingerprint density at radius 1 is 1.38 bits per heavy atom. The summed E-state index contributed by atoms with van der Waals surface area (Å²) in [5.41, 5.74) is 4.65. The van der Waals surface area contributed by atoms with E-state index in [1.807, 2.05) is 24.3 Å². The lowest BCUT2D eigenvalue weighted by Gasteiger charge is -2.22. The highest BCUT2D eigenvalue weighted by Gasteiger charge is 2.33. The van der Waals surface area contributed by atoms with Crippen molar-refractivity contribution >= 4 is 11.6 Å². The van der Waals surface area contributed by atoms with E-state index < -0.39 is 0 Å². The molecule has 0 spiro atoms. The van der Waals surface area contributed by atoms with E-state index in [4.69, 9.17) is 9.57 Å². The highest BCUT2D eigenvalue weighted by molar-refractivity contribution is 6.01. The molecule has 2 aliphatic heterocycles. The van der Waals surface area contributed by atoms with Crippen LogP contribution in [0.2, 0.25) is 0 Å². The second-order valence-corrected chi connectivity index (χ2v) is 7.07. The monoisotopic (exact) mass is 391 g/mol. The Hall–Kier alpha value is -3.37. The Morgan fingerprint density at radius 2 is 2.24 bits per heavy atom. The van der Waals surface area contributed by atoms with Crippen molar-refractivity contribution in [1.82, 2.24) is 4.90 Å². The van der Waals surface area contributed by atoms with Crippen LogP contribution in [0.1, 0.15) is 27.9 Å². The van der Waals surface area contributed by atoms with Crippen molar-refractivity contribution in [2.45, 2.75) is 18.9 Å². The first-order chi connectivity index (χ1) is 14.2. The number of ether oxygens (including phenoxy) is 1. The minimum atomic E-state index is -0.324. The molecule has 148 valence electrons. The molecular formula is C22H21N3O4. The molecule has 4 rings (SSSR count). The van der Waals surface area contributed by atoms with Crippen molar-refractivity contribution in [1.29, 1.82) is 5.26 Å². The number of oxime groups is 1. The molecule has 0 saturated carbocycles. The molecule has 0 aromatic heterocycles. The SMILES string of the molecule is CO/N=C1/CC(CO)N(C(=O)c2ccc3c(c2)OCCc2c(C#N)cccc2-3)C1. The molecule has 7 nitrogen and oxygen atoms in total. The number of carbonyl (C=O) groups excluding carboxylic acids is 1. The lowest BCUT2D eigenvalue weighted by molar-refractivity contribution is 0.0679. The van der Waals surface area contributed by atoms with Crippen LogP contribution in [-0.2, 0) is 11.3 Å². The molecule has 1 saturated heterocycles. The summed E-state index contributed by atoms with van der Waals surface area (Å²) < 4.78 is 5.92. The lowest BCUT2D eigenvalue weighted by Crippen LogP contribution is -2.37. The van der Waals surface area contributed by atoms with E-state index >= 15 is 0 Å². The summed E-state index contributed by atoms with van der Waals surface area (Å²) in [6.45, 7) is 0.619. The van der Waals surface area contributed by atoms with Crippen molar-refractivity contribution in [3.8, 4) is 22.9 Å². The Morgan fingerprint density at radius 3 is 3.00 bits per heavy atom. The predicted molar refractivity (Wildman–Crippen MR) is 107 cm³/mol. The van der Waals surface area contributed by atoms with Crippen molar-refractivity contribution in [2.75, 3.05) is 26.9 Å². The van der Waals surface area contributed by atoms with E-state index in [2.05, 4.69) is 11.2 Å². The average Bonchev–Trinajstić information content (AvgIpc) is 3.06. The van der Waals surface area contributed by atoms with Gasteiger partial charge < -0.3 is 19.6 Å². The zero-order chi connectivity index (χ0) is 20.4. The molecule has 29 heavy (non-hydrogen) atoms. The third kappa shape index (κ3) is 3.43. The van der Waals surface area contributed by atoms with Gasteiger partial charge in [-0.3, -0.25) is 4.79 Å². The molecule has 1 amide bonds. The van der Waals surface area contributed by atoms with Gasteiger partial charge in [0, 0.05) is 24.0 Å². The van der Waals surface area contributed by atoms with Crippen molar-refractivity contribution < 1.29 is 19.5 Å². The van der Waals surface area contributed by atoms with Crippen LogP contribution < -0.4 is 4.74 Å². The number of aliphatic hydroxyl groups excluding tert-OH is 1. The molecule has 2 aromatic carbocycles. The molecule has 0 radical (unpaired) electrons. The van der Waals surface area contributed by atoms with Gasteiger partial charge in [-0.15, -0.1) is 0 Å². The third-order valence-corrected chi connectivity index (χ3v) is 5.38. The Labute approximate surface area is 168 Å². The van der Waals surface area contributed by atoms with Crippen molar-refractivity contribution in [3.63, 3.8) is 0 Å². The smallest absolute Gasteiger partial charge is 0.254 e. The number of rotatable bonds is 3. The van der Waals surface area contributed by atoms with Crippen LogP contribution in [0.4, 0.5) is 0 Å². The van der Waals surface area contributed by atoms with Gasteiger partial charge in [0.1, 0.15) is 12.9 Å². The van der Waals surface area contributed by atoms with Crippen molar-refractivity contribution in [2.24, 2.45) is 5.16 Å². The summed E-state index contributed by atoms with van der Waals surface area (Å²) in [7, 11) is 1.46. The molecule has 2 aromatic rings. The number of aliphatic hydroxyl groups is 1. The van der Waals surface area contributed by atoms with Crippen LogP contribution in [0.3, 0.4) is 0 Å². The highest BCUT2D eigenvalue weighted by Crippen LogP contribution is 2.37. The molecule has 7 heteroatoms. The maximum Gasteiger partial charge on any atom is 0.254 e. The van der Waals surface area contributed by atoms with Gasteiger partial charge in [0.2, 0.25) is 0 Å². The second kappa shape index (κ2) is 7.94. The van der Waals surface area contributed by atoms with Crippen LogP contribution in [0.15, 0.2) is 41.6 Å². The first-order valence-corrected chi connectivity index (χ1v) is 9.46. The number of benzene rings is 2. The molecule has 1 N–H and O–H groups in total. The molecule has 1 fully saturated rings. The molecule has 2 aliphatic rings. The molecule has 0 aliphatic carbocycles. The van der Waals surface area contributed by atoms with E-state index in [0.29, 0.717) is 42.9 Å². The topological polar surface area (TPSA) is 95.2 Å². The van der Waals surface area contributed by atoms with Crippen LogP contribution >= 0.6 is 0 Å². The summed E-state index contributed by atoms with van der Waals surface area (Å²) in [4.78, 5) is 19.5. The van der Waals surface area contributed by atoms with Gasteiger partial charge >= 0.3 is 0 Å². The maximum atomic E-state index is 13.1. The quantitative estimate of drug-likeness (QED) is 0.811. The van der Waals surface area contributed by atoms with Crippen LogP contribution in [0.5, 0.6) is 5.75 Å². The summed E-state index contributed by atoms with van der Waals surface area (Å²) >= 11 is 0. The Bertz CT molecular complexity index is 1030. The summed E-state index contributed by atoms with van der Waals surface area (Å²) in [5.74, 6) is 0.433. The average molecular weight is 391 g/mol. The number of nitrogens with zero attached hydrogens (tertiary/aromatic N) is 3. The van der Waals surface area contributed by atoms with E-state index in [9.17, 15) is 15.2 Å². The lowest BCUT2D eigenvalue weighted by atomic mass is 9.93. The summed E-state index contributed by atoms with van der Waals surface area (Å²) in [6.07, 6.45) is 1.12. The zero-order valence-electron chi connectivity index (χ0n) is 16.1. The Balaban J connectivity index is 1.68. The largest absolute Gasteiger partial charge is 0.493 e. The first kappa shape index (κ1) is 19.0. The van der Waals surface area contributed by atoms with E-state index in [1.165, 1.54) is 7.11 Å². The van der Waals surface area contributed by atoms with Gasteiger partial charge in [-0.1, -0.05) is 17.3 Å². The van der Waals surface area contributed by atoms with Gasteiger partial charge in [0.05, 0.1) is 43.1 Å². The number of hydrogen-bond donors (Lipinski definition) is 1. The molecule has 1 atom stereocenters. The fourth-order valence-electron chi connectivity index (χ4n) is 4.01. The molecular weight excluding hydrogens is 370 g/mol. The zero-order valence-corrected chi connectivity index (χ0v) is 16.1. The molecule has 0 bridgehead atoms. The standard InChI is InChI=1S/C22H21N3O4/c1-28-24-16-10-17(13-26)25(12-16)22(27)14-5-6-20-19-4-2-3-15(11-23)18(19)7-8-29-21(20)9-14/h2-6,9,17,26H,7-8,10,12-13H2,1H3/b24-16-. The highest BCUT2D eigenvalue weighted by atomic mass is 16.6. The molecule has 1 unspecified atom stereocenters. The minimum Gasteiger partial charge on any atom is -0.493 e. The number of nitriles is 1. The number of amides is 1. The number of fused-ring (bicyclic) bond motifs is 3. The number of carbonyl (C=O) groups is 1. The van der Waals surface area contributed by atoms with Gasteiger partial charge in [-0.25, -0.2) is 0 Å². The van der Waals surface area contributed by atoms with E-state index in [-0.39, 0.29) is 18.6 Å². The van der Waals surface area contributed by atoms with Gasteiger partial charge in [-0.2, -0.15) is 5.26 Å². The second-order valence-electron chi connectivity index (χ2n) is 7.07. The third-order valence-electron chi connectivity index (χ3n) is 5.38. The first-order valence-electron chi connectivity index (χ1n) is 9.46. The normalized spacial score (nSPS) is 19.0. The molecule has 2 heterocycles. The van der Waals surface area contributed by atoms with Crippen molar-refractivity contribution in [3.05, 3.63) is 53.1 Å². The van der Waals surface area contributed by atoms with E-state index in [0.717, 1.165) is 22.4 Å². The predicted octanol–water partition coefficient (Wildman–Crippen LogP) is 2.37. The number of likely N-dealkylation sites (tertiary alicyclic amines) is 1. The number of hydrogen-bond acceptors (Lipinski definition) is 6. The van der Waals surface area contributed by atoms with Gasteiger partial charge in [0.15, 0.2) is 0 Å². The maximum absolute atomic E-state index is 13.1. The van der Waals surface area contributed by atoms with Gasteiger partial charge in [-0.05, 0) is 35.4 Å². The minimum absolute atomic E-state index is 0.139. The summed E-state index contributed by atoms with van der Waals surface area (Å²) in [6, 6.07) is 12.9. The fraction of sp³-hybridized carbons (Fsp3) is 0.318. The summed E-state index contributed by atoms with van der Waals surface area (Å²) in [5, 5.41) is 23.0. The van der Waals surface area contributed by atoms with Crippen LogP contribution in [0.25, 0.3) is 11.1 Å². The van der Waals surface area contributed by atoms with Gasteiger partial charge in [0.25, 0.3) is 5.91 Å². The fourth-order valence-corrected chi connectivity index (χ4v) is 4.01.